The summed E-state index contributed by atoms with van der Waals surface area (Å²) in [6.07, 6.45) is 7.93. The molecule has 108 valence electrons. The summed E-state index contributed by atoms with van der Waals surface area (Å²) in [6, 6.07) is 17.5. The maximum absolute atomic E-state index is 2.24. The number of fused-ring (bicyclic) bond motifs is 2. The minimum absolute atomic E-state index is 0. The fourth-order valence-corrected chi connectivity index (χ4v) is 3.03. The quantitative estimate of drug-likeness (QED) is 0.581. The van der Waals surface area contributed by atoms with Gasteiger partial charge in [0.15, 0.2) is 0 Å². The average Bonchev–Trinajstić information content (AvgIpc) is 3.08. The average molecular weight is 268 g/mol. The molecule has 0 aromatic heterocycles. The third kappa shape index (κ3) is 3.72. The van der Waals surface area contributed by atoms with Crippen molar-refractivity contribution in [3.63, 3.8) is 0 Å². The third-order valence-electron chi connectivity index (χ3n) is 4.02. The Labute approximate surface area is 124 Å². The molecule has 0 heteroatoms. The van der Waals surface area contributed by atoms with Gasteiger partial charge in [-0.05, 0) is 60.8 Å². The van der Waals surface area contributed by atoms with Gasteiger partial charge in [-0.2, -0.15) is 0 Å². The van der Waals surface area contributed by atoms with Crippen LogP contribution in [0.4, 0.5) is 0 Å². The van der Waals surface area contributed by atoms with Gasteiger partial charge in [0, 0.05) is 0 Å². The van der Waals surface area contributed by atoms with E-state index in [4.69, 9.17) is 0 Å². The summed E-state index contributed by atoms with van der Waals surface area (Å²) >= 11 is 0. The summed E-state index contributed by atoms with van der Waals surface area (Å²) in [5.41, 5.74) is 6.27. The van der Waals surface area contributed by atoms with Gasteiger partial charge in [0.2, 0.25) is 0 Å². The van der Waals surface area contributed by atoms with Crippen LogP contribution in [0.15, 0.2) is 48.5 Å². The highest BCUT2D eigenvalue weighted by molar-refractivity contribution is 5.31. The number of benzene rings is 2. The van der Waals surface area contributed by atoms with Gasteiger partial charge in [0.05, 0.1) is 0 Å². The first-order valence-electron chi connectivity index (χ1n) is 7.07. The monoisotopic (exact) mass is 268 g/mol. The van der Waals surface area contributed by atoms with Crippen molar-refractivity contribution >= 4 is 0 Å². The fourth-order valence-electron chi connectivity index (χ4n) is 3.03. The molecule has 0 saturated heterocycles. The molecule has 0 unspecified atom stereocenters. The Hall–Kier alpha value is -1.56. The van der Waals surface area contributed by atoms with Gasteiger partial charge in [-0.25, -0.2) is 0 Å². The lowest BCUT2D eigenvalue weighted by molar-refractivity contribution is 0.912. The molecule has 0 spiro atoms. The van der Waals surface area contributed by atoms with E-state index in [0.717, 1.165) is 0 Å². The topological polar surface area (TPSA) is 0 Å². The highest BCUT2D eigenvalue weighted by Gasteiger charge is 2.07. The molecular weight excluding hydrogens is 240 g/mol. The van der Waals surface area contributed by atoms with Crippen molar-refractivity contribution in [3.8, 4) is 0 Å². The zero-order chi connectivity index (χ0) is 12.2. The fraction of sp³-hybridized carbons (Fsp3) is 0.400. The van der Waals surface area contributed by atoms with Gasteiger partial charge >= 0.3 is 0 Å². The molecule has 0 nitrogen and oxygen atoms in total. The Bertz CT molecular complexity index is 430. The van der Waals surface area contributed by atoms with Crippen LogP contribution in [-0.4, -0.2) is 0 Å². The number of hydrogen-bond donors (Lipinski definition) is 0. The number of hydrogen-bond acceptors (Lipinski definition) is 0. The Morgan fingerprint density at radius 3 is 0.950 bits per heavy atom. The molecule has 2 aromatic carbocycles. The van der Waals surface area contributed by atoms with Gasteiger partial charge in [0.1, 0.15) is 0 Å². The molecule has 0 fully saturated rings. The molecule has 0 aliphatic heterocycles. The van der Waals surface area contributed by atoms with E-state index >= 15 is 0 Å². The number of rotatable bonds is 0. The zero-order valence-electron chi connectivity index (χ0n) is 10.9. The summed E-state index contributed by atoms with van der Waals surface area (Å²) in [7, 11) is 0. The van der Waals surface area contributed by atoms with Crippen LogP contribution < -0.4 is 0 Å². The molecule has 4 rings (SSSR count). The van der Waals surface area contributed by atoms with E-state index in [9.17, 15) is 0 Å². The van der Waals surface area contributed by atoms with Gasteiger partial charge in [-0.15, -0.1) is 0 Å². The maximum Gasteiger partial charge on any atom is -0.0273 e. The second-order valence-electron chi connectivity index (χ2n) is 5.24. The van der Waals surface area contributed by atoms with Crippen molar-refractivity contribution in [3.05, 3.63) is 70.8 Å². The van der Waals surface area contributed by atoms with E-state index < -0.39 is 0 Å². The molecule has 0 saturated carbocycles. The van der Waals surface area contributed by atoms with E-state index in [0.29, 0.717) is 0 Å². The first-order valence-corrected chi connectivity index (χ1v) is 7.07. The van der Waals surface area contributed by atoms with Crippen molar-refractivity contribution in [2.75, 3.05) is 0 Å². The standard InChI is InChI=1S/2C9H10.2CH4/c2*1-2-5-9-7-3-6-8(9)4-1;;/h2*1-2,4-5H,3,6-7H2;2*1H4. The van der Waals surface area contributed by atoms with Crippen LogP contribution in [0.1, 0.15) is 49.9 Å². The van der Waals surface area contributed by atoms with Crippen molar-refractivity contribution in [1.29, 1.82) is 0 Å². The Kier molecular flexibility index (Phi) is 6.51. The van der Waals surface area contributed by atoms with E-state index in [1.807, 2.05) is 0 Å². The summed E-state index contributed by atoms with van der Waals surface area (Å²) in [5.74, 6) is 0. The summed E-state index contributed by atoms with van der Waals surface area (Å²) in [5, 5.41) is 0. The molecule has 0 bridgehead atoms. The zero-order valence-corrected chi connectivity index (χ0v) is 10.9. The van der Waals surface area contributed by atoms with E-state index in [-0.39, 0.29) is 14.9 Å². The predicted octanol–water partition coefficient (Wildman–Crippen LogP) is 5.62. The Balaban J connectivity index is 0.000000182. The van der Waals surface area contributed by atoms with Crippen LogP contribution in [-0.2, 0) is 25.7 Å². The van der Waals surface area contributed by atoms with Gasteiger partial charge in [-0.1, -0.05) is 63.4 Å². The maximum atomic E-state index is 2.24. The molecular formula is C20H28. The summed E-state index contributed by atoms with van der Waals surface area (Å²) in [4.78, 5) is 0. The van der Waals surface area contributed by atoms with Crippen LogP contribution in [0.3, 0.4) is 0 Å². The SMILES string of the molecule is C.C.c1ccc2c(c1)CCC2.c1ccc2c(c1)CCC2. The highest BCUT2D eigenvalue weighted by atomic mass is 14.1. The van der Waals surface area contributed by atoms with Crippen LogP contribution in [0.2, 0.25) is 0 Å². The lowest BCUT2D eigenvalue weighted by Crippen LogP contribution is -1.77. The van der Waals surface area contributed by atoms with Gasteiger partial charge < -0.3 is 0 Å². The molecule has 2 aromatic rings. The lowest BCUT2D eigenvalue weighted by atomic mass is 10.1. The Morgan fingerprint density at radius 1 is 0.450 bits per heavy atom. The lowest BCUT2D eigenvalue weighted by Gasteiger charge is -1.93. The molecule has 2 aliphatic rings. The molecule has 0 radical (unpaired) electrons. The minimum atomic E-state index is 0. The first-order chi connectivity index (χ1) is 8.93. The van der Waals surface area contributed by atoms with Crippen molar-refractivity contribution in [2.24, 2.45) is 0 Å². The van der Waals surface area contributed by atoms with Crippen molar-refractivity contribution in [2.45, 2.75) is 53.4 Å². The van der Waals surface area contributed by atoms with E-state index in [1.165, 1.54) is 38.5 Å². The Morgan fingerprint density at radius 2 is 0.700 bits per heavy atom. The van der Waals surface area contributed by atoms with Crippen LogP contribution in [0.5, 0.6) is 0 Å². The smallest absolute Gasteiger partial charge is 0.0273 e. The normalized spacial score (nSPS) is 14.0. The largest absolute Gasteiger partial charge is 0.0776 e. The predicted molar refractivity (Wildman–Crippen MR) is 90.4 cm³/mol. The third-order valence-corrected chi connectivity index (χ3v) is 4.02. The highest BCUT2D eigenvalue weighted by Crippen LogP contribution is 2.20. The second-order valence-corrected chi connectivity index (χ2v) is 5.24. The first kappa shape index (κ1) is 16.5. The van der Waals surface area contributed by atoms with Crippen LogP contribution in [0.25, 0.3) is 0 Å². The second kappa shape index (κ2) is 7.89. The van der Waals surface area contributed by atoms with Crippen LogP contribution in [0, 0.1) is 0 Å². The summed E-state index contributed by atoms with van der Waals surface area (Å²) in [6.45, 7) is 0. The molecule has 20 heavy (non-hydrogen) atoms. The van der Waals surface area contributed by atoms with E-state index in [1.54, 1.807) is 22.3 Å². The number of aryl methyl sites for hydroxylation is 4. The van der Waals surface area contributed by atoms with Crippen molar-refractivity contribution in [1.82, 2.24) is 0 Å². The summed E-state index contributed by atoms with van der Waals surface area (Å²) < 4.78 is 0. The molecule has 0 amide bonds. The van der Waals surface area contributed by atoms with Gasteiger partial charge in [0.25, 0.3) is 0 Å². The minimum Gasteiger partial charge on any atom is -0.0776 e. The molecule has 0 N–H and O–H groups in total. The molecule has 0 heterocycles. The van der Waals surface area contributed by atoms with Crippen LogP contribution >= 0.6 is 0 Å². The van der Waals surface area contributed by atoms with E-state index in [2.05, 4.69) is 48.5 Å². The van der Waals surface area contributed by atoms with Gasteiger partial charge in [-0.3, -0.25) is 0 Å². The molecule has 2 aliphatic carbocycles. The van der Waals surface area contributed by atoms with Crippen molar-refractivity contribution < 1.29 is 0 Å². The molecule has 0 atom stereocenters.